The number of thioether (sulfide) groups is 1. The SMILES string of the molecule is N[C@@H](CSC1c2c(O)cc(O)c(C3c4c(O)cc(O)c(C5c6c(O)cc(O)cc6OC(c6ccc(O)c(O)c6)C5O)c4OC(c4ccc(O)c(O)c4)C3O)c2OC(C2=CCC(O)C(O)=C2)C1O)C(=O)O. The zero-order valence-corrected chi connectivity index (χ0v) is 36.8. The fourth-order valence-corrected chi connectivity index (χ4v) is 10.9. The number of phenolic OH excluding ortho intramolecular Hbond substituents is 10. The molecule has 11 atom stereocenters. The zero-order valence-electron chi connectivity index (χ0n) is 36.0. The molecule has 10 unspecified atom stereocenters. The molecule has 18 N–H and O–H groups in total. The molecule has 70 heavy (non-hydrogen) atoms. The van der Waals surface area contributed by atoms with Crippen molar-refractivity contribution in [1.29, 1.82) is 0 Å². The summed E-state index contributed by atoms with van der Waals surface area (Å²) in [4.78, 5) is 11.9. The minimum absolute atomic E-state index is 0.0390. The Hall–Kier alpha value is -7.60. The molecule has 0 fully saturated rings. The minimum Gasteiger partial charge on any atom is -0.510 e. The summed E-state index contributed by atoms with van der Waals surface area (Å²) in [5, 5.41) is 178. The number of benzene rings is 5. The molecule has 3 aliphatic heterocycles. The monoisotopic (exact) mass is 987 g/mol. The number of carboxylic acids is 1. The number of carbonyl (C=O) groups is 1. The largest absolute Gasteiger partial charge is 0.510 e. The Balaban J connectivity index is 1.32. The highest BCUT2D eigenvalue weighted by Gasteiger charge is 2.52. The molecule has 0 aromatic heterocycles. The molecule has 4 aliphatic rings. The summed E-state index contributed by atoms with van der Waals surface area (Å²) >= 11 is 0.769. The molecular weight excluding hydrogens is 943 g/mol. The van der Waals surface area contributed by atoms with Crippen LogP contribution < -0.4 is 19.9 Å². The number of aliphatic hydroxyl groups is 5. The standard InChI is InChI=1S/C48H45NO20S/c49-19(48(65)66)14-70-47-36-30(61)13-29(60)35(46(36)69-44(41(47)64)17-3-6-22(53)25(56)9-17)38-34-28(59)12-27(58)33(45(34)68-43(40(38)63)16-2-5-21(52)24(55)8-16)37-32-26(57)10-18(50)11-31(32)67-42(39(37)62)15-1-4-20(51)23(54)7-15/h1-5,7-13,19,22,37-44,47,50-64H,6,14,49H2,(H,65,66)/t19-,22?,37?,38?,39?,40?,41?,42?,43?,44?,47?/m0/s1. The van der Waals surface area contributed by atoms with Crippen LogP contribution in [0.4, 0.5) is 0 Å². The Morgan fingerprint density at radius 1 is 0.571 bits per heavy atom. The molecule has 9 rings (SSSR count). The number of aromatic hydroxyl groups is 10. The van der Waals surface area contributed by atoms with Gasteiger partial charge < -0.3 is 102 Å². The Morgan fingerprint density at radius 2 is 1.06 bits per heavy atom. The van der Waals surface area contributed by atoms with Crippen LogP contribution in [0, 0.1) is 0 Å². The van der Waals surface area contributed by atoms with E-state index in [1.54, 1.807) is 0 Å². The lowest BCUT2D eigenvalue weighted by atomic mass is 9.73. The van der Waals surface area contributed by atoms with Crippen LogP contribution in [0.5, 0.6) is 74.7 Å². The number of aliphatic hydroxyl groups excluding tert-OH is 5. The van der Waals surface area contributed by atoms with Gasteiger partial charge in [0.25, 0.3) is 0 Å². The predicted octanol–water partition coefficient (Wildman–Crippen LogP) is 3.44. The van der Waals surface area contributed by atoms with Crippen LogP contribution in [0.25, 0.3) is 0 Å². The van der Waals surface area contributed by atoms with E-state index in [0.717, 1.165) is 66.4 Å². The van der Waals surface area contributed by atoms with Crippen LogP contribution >= 0.6 is 11.8 Å². The summed E-state index contributed by atoms with van der Waals surface area (Å²) in [6.45, 7) is 0. The third-order valence-electron chi connectivity index (χ3n) is 12.9. The Labute approximate surface area is 398 Å². The number of rotatable bonds is 9. The summed E-state index contributed by atoms with van der Waals surface area (Å²) in [6.07, 6.45) is -9.34. The van der Waals surface area contributed by atoms with Gasteiger partial charge in [-0.2, -0.15) is 0 Å². The van der Waals surface area contributed by atoms with Crippen LogP contribution in [0.1, 0.15) is 74.7 Å². The number of nitrogens with two attached hydrogens (primary N) is 1. The summed E-state index contributed by atoms with van der Waals surface area (Å²) in [7, 11) is 0. The van der Waals surface area contributed by atoms with E-state index < -0.39 is 163 Å². The van der Waals surface area contributed by atoms with E-state index in [4.69, 9.17) is 19.9 Å². The van der Waals surface area contributed by atoms with Gasteiger partial charge in [-0.1, -0.05) is 18.2 Å². The highest BCUT2D eigenvalue weighted by atomic mass is 32.2. The third-order valence-corrected chi connectivity index (χ3v) is 14.3. The van der Waals surface area contributed by atoms with E-state index in [1.165, 1.54) is 18.2 Å². The van der Waals surface area contributed by atoms with Crippen molar-refractivity contribution in [2.75, 3.05) is 5.75 Å². The van der Waals surface area contributed by atoms with Gasteiger partial charge in [-0.3, -0.25) is 4.79 Å². The van der Waals surface area contributed by atoms with Gasteiger partial charge in [0.1, 0.15) is 88.0 Å². The fraction of sp³-hybridized carbons (Fsp3) is 0.271. The minimum atomic E-state index is -2.02. The van der Waals surface area contributed by atoms with Gasteiger partial charge in [0.2, 0.25) is 0 Å². The molecular formula is C48H45NO20S. The molecule has 0 amide bonds. The average molecular weight is 988 g/mol. The number of phenols is 10. The maximum atomic E-state index is 12.7. The maximum absolute atomic E-state index is 12.7. The number of carboxylic acid groups (broad SMARTS) is 1. The van der Waals surface area contributed by atoms with Crippen molar-refractivity contribution in [2.24, 2.45) is 5.73 Å². The number of fused-ring (bicyclic) bond motifs is 3. The summed E-state index contributed by atoms with van der Waals surface area (Å²) < 4.78 is 19.1. The van der Waals surface area contributed by atoms with Gasteiger partial charge >= 0.3 is 5.97 Å². The molecule has 5 aromatic rings. The summed E-state index contributed by atoms with van der Waals surface area (Å²) in [5.74, 6) is -13.9. The molecule has 5 aromatic carbocycles. The lowest BCUT2D eigenvalue weighted by Gasteiger charge is -2.44. The van der Waals surface area contributed by atoms with E-state index in [2.05, 4.69) is 0 Å². The van der Waals surface area contributed by atoms with Crippen molar-refractivity contribution < 1.29 is 101 Å². The normalized spacial score (nSPS) is 26.2. The molecule has 0 spiro atoms. The van der Waals surface area contributed by atoms with E-state index >= 15 is 0 Å². The van der Waals surface area contributed by atoms with Gasteiger partial charge in [0.05, 0.1) is 22.6 Å². The van der Waals surface area contributed by atoms with E-state index in [0.29, 0.717) is 0 Å². The number of hydrogen-bond acceptors (Lipinski definition) is 21. The molecule has 0 saturated heterocycles. The van der Waals surface area contributed by atoms with E-state index in [9.17, 15) is 86.5 Å². The first-order chi connectivity index (χ1) is 33.2. The van der Waals surface area contributed by atoms with Crippen LogP contribution in [0.3, 0.4) is 0 Å². The highest BCUT2D eigenvalue weighted by Crippen LogP contribution is 2.63. The van der Waals surface area contributed by atoms with Crippen LogP contribution in [-0.2, 0) is 4.79 Å². The van der Waals surface area contributed by atoms with Crippen LogP contribution in [0.15, 0.2) is 84.1 Å². The first kappa shape index (κ1) is 47.5. The second-order valence-corrected chi connectivity index (χ2v) is 18.5. The number of aliphatic carboxylic acids is 1. The Morgan fingerprint density at radius 3 is 1.59 bits per heavy atom. The van der Waals surface area contributed by atoms with Gasteiger partial charge in [-0.15, -0.1) is 11.8 Å². The van der Waals surface area contributed by atoms with Gasteiger partial charge in [0.15, 0.2) is 41.3 Å². The number of hydrogen-bond donors (Lipinski definition) is 17. The molecule has 0 bridgehead atoms. The van der Waals surface area contributed by atoms with Gasteiger partial charge in [-0.25, -0.2) is 0 Å². The molecule has 0 saturated carbocycles. The summed E-state index contributed by atoms with van der Waals surface area (Å²) in [5.41, 5.74) is 4.10. The van der Waals surface area contributed by atoms with Crippen molar-refractivity contribution in [2.45, 2.75) is 72.3 Å². The Kier molecular flexibility index (Phi) is 12.0. The third kappa shape index (κ3) is 7.89. The zero-order chi connectivity index (χ0) is 50.4. The second kappa shape index (κ2) is 17.7. The van der Waals surface area contributed by atoms with E-state index in [-0.39, 0.29) is 45.8 Å². The molecule has 22 heteroatoms. The smallest absolute Gasteiger partial charge is 0.321 e. The lowest BCUT2D eigenvalue weighted by molar-refractivity contribution is -0.137. The topological polar surface area (TPSA) is 394 Å². The molecule has 21 nitrogen and oxygen atoms in total. The second-order valence-electron chi connectivity index (χ2n) is 17.3. The van der Waals surface area contributed by atoms with Crippen molar-refractivity contribution in [3.8, 4) is 74.7 Å². The predicted molar refractivity (Wildman–Crippen MR) is 242 cm³/mol. The van der Waals surface area contributed by atoms with Gasteiger partial charge in [-0.05, 0) is 53.5 Å². The molecule has 3 heterocycles. The van der Waals surface area contributed by atoms with Crippen molar-refractivity contribution in [3.63, 3.8) is 0 Å². The van der Waals surface area contributed by atoms with Crippen molar-refractivity contribution in [1.82, 2.24) is 0 Å². The molecule has 1 aliphatic carbocycles. The molecule has 0 radical (unpaired) electrons. The lowest BCUT2D eigenvalue weighted by Crippen LogP contribution is -2.43. The van der Waals surface area contributed by atoms with Crippen LogP contribution in [0.2, 0.25) is 0 Å². The molecule has 368 valence electrons. The first-order valence-corrected chi connectivity index (χ1v) is 22.4. The maximum Gasteiger partial charge on any atom is 0.321 e. The van der Waals surface area contributed by atoms with Gasteiger partial charge in [0, 0.05) is 52.3 Å². The van der Waals surface area contributed by atoms with Crippen molar-refractivity contribution >= 4 is 17.7 Å². The quantitative estimate of drug-likeness (QED) is 0.0940. The van der Waals surface area contributed by atoms with Crippen LogP contribution in [-0.4, -0.2) is 130 Å². The fourth-order valence-electron chi connectivity index (χ4n) is 9.60. The van der Waals surface area contributed by atoms with E-state index in [1.807, 2.05) is 0 Å². The van der Waals surface area contributed by atoms with Crippen molar-refractivity contribution in [3.05, 3.63) is 123 Å². The number of ether oxygens (including phenoxy) is 3. The highest BCUT2D eigenvalue weighted by molar-refractivity contribution is 7.99. The average Bonchev–Trinajstić information content (AvgIpc) is 3.29. The summed E-state index contributed by atoms with van der Waals surface area (Å²) in [6, 6.07) is 8.91. The Bertz CT molecular complexity index is 3010. The first-order valence-electron chi connectivity index (χ1n) is 21.4.